The number of carbonyl (C=O) groups is 2. The number of hydrogen-bond donors (Lipinski definition) is 2. The van der Waals surface area contributed by atoms with E-state index in [1.807, 2.05) is 27.7 Å². The molecule has 4 heteroatoms. The molecular weight excluding hydrogens is 592 g/mol. The topological polar surface area (TPSA) is 74.6 Å². The van der Waals surface area contributed by atoms with E-state index in [1.165, 1.54) is 77.0 Å². The number of fused-ring (bicyclic) bond motifs is 10. The minimum absolute atomic E-state index is 0.274. The van der Waals surface area contributed by atoms with Crippen LogP contribution in [0.2, 0.25) is 0 Å². The van der Waals surface area contributed by atoms with E-state index < -0.39 is 11.2 Å². The van der Waals surface area contributed by atoms with Gasteiger partial charge >= 0.3 is 0 Å². The van der Waals surface area contributed by atoms with Gasteiger partial charge in [-0.15, -0.1) is 0 Å². The highest BCUT2D eigenvalue weighted by Gasteiger charge is 2.63. The van der Waals surface area contributed by atoms with Gasteiger partial charge in [-0.05, 0) is 212 Å². The second-order valence-corrected chi connectivity index (χ2v) is 21.3. The van der Waals surface area contributed by atoms with Crippen LogP contribution in [0.3, 0.4) is 0 Å². The Morgan fingerprint density at radius 2 is 0.792 bits per heavy atom. The van der Waals surface area contributed by atoms with E-state index in [4.69, 9.17) is 0 Å². The van der Waals surface area contributed by atoms with Crippen LogP contribution >= 0.6 is 0 Å². The summed E-state index contributed by atoms with van der Waals surface area (Å²) in [5, 5.41) is 21.1. The van der Waals surface area contributed by atoms with Crippen LogP contribution in [-0.2, 0) is 9.59 Å². The second kappa shape index (κ2) is 11.9. The molecule has 4 nitrogen and oxygen atoms in total. The highest BCUT2D eigenvalue weighted by atomic mass is 16.3. The normalized spacial score (nSPS) is 57.0. The van der Waals surface area contributed by atoms with E-state index in [1.54, 1.807) is 0 Å². The Balaban J connectivity index is 0.000000152. The van der Waals surface area contributed by atoms with Gasteiger partial charge < -0.3 is 10.2 Å². The molecule has 0 unspecified atom stereocenters. The molecule has 0 aromatic rings. The van der Waals surface area contributed by atoms with Gasteiger partial charge in [0.15, 0.2) is 0 Å². The van der Waals surface area contributed by atoms with Gasteiger partial charge in [-0.3, -0.25) is 9.59 Å². The van der Waals surface area contributed by atoms with Crippen LogP contribution in [0, 0.1) is 80.8 Å². The molecule has 0 saturated heterocycles. The number of Topliss-reactive ketones (excluding diaryl/α,β-unsaturated/α-hetero) is 2. The molecule has 8 fully saturated rings. The number of rotatable bonds is 2. The van der Waals surface area contributed by atoms with Crippen molar-refractivity contribution in [2.75, 3.05) is 0 Å². The van der Waals surface area contributed by atoms with Crippen LogP contribution in [-0.4, -0.2) is 33.0 Å². The highest BCUT2D eigenvalue weighted by Crippen LogP contribution is 2.69. The zero-order valence-corrected chi connectivity index (χ0v) is 32.2. The average molecular weight is 665 g/mol. The lowest BCUT2D eigenvalue weighted by Gasteiger charge is -2.61. The zero-order valence-electron chi connectivity index (χ0n) is 32.2. The Morgan fingerprint density at radius 3 is 1.15 bits per heavy atom. The summed E-state index contributed by atoms with van der Waals surface area (Å²) in [7, 11) is 0. The first kappa shape index (κ1) is 35.7. The molecule has 0 aromatic carbocycles. The molecule has 0 bridgehead atoms. The summed E-state index contributed by atoms with van der Waals surface area (Å²) in [5.74, 6) is 7.78. The van der Waals surface area contributed by atoms with E-state index in [2.05, 4.69) is 27.7 Å². The van der Waals surface area contributed by atoms with Crippen LogP contribution < -0.4 is 0 Å². The van der Waals surface area contributed by atoms with Crippen molar-refractivity contribution in [2.24, 2.45) is 80.8 Å². The molecule has 0 radical (unpaired) electrons. The average Bonchev–Trinajstić information content (AvgIpc) is 3.55. The maximum absolute atomic E-state index is 12.2. The Morgan fingerprint density at radius 1 is 0.438 bits per heavy atom. The molecular formula is C44H72O4. The number of carbonyl (C=O) groups excluding carboxylic acids is 2. The van der Waals surface area contributed by atoms with E-state index in [0.717, 1.165) is 74.0 Å². The van der Waals surface area contributed by atoms with E-state index >= 15 is 0 Å². The molecule has 8 rings (SSSR count). The fourth-order valence-corrected chi connectivity index (χ4v) is 16.2. The SMILES string of the molecule is CC(=O)[C@H]1CC[C@H]2[C@@H]3CC[C@H]4C[C@](C)(O)CC[C@]4(C)[C@H]3CC[C@]12C.CC(=O)[C@H]1CC[C@H]2[C@@H]3CC[C@H]4C[C@](C)(O)CC[C@]4(C)[C@H]3CC[C@]12C. The second-order valence-electron chi connectivity index (χ2n) is 21.3. The third-order valence-corrected chi connectivity index (χ3v) is 18.9. The zero-order chi connectivity index (χ0) is 34.7. The van der Waals surface area contributed by atoms with E-state index in [9.17, 15) is 19.8 Å². The summed E-state index contributed by atoms with van der Waals surface area (Å²) in [5.41, 5.74) is 0.537. The largest absolute Gasteiger partial charge is 0.390 e. The molecule has 0 heterocycles. The summed E-state index contributed by atoms with van der Waals surface area (Å²) in [4.78, 5) is 24.4. The Kier molecular flexibility index (Phi) is 8.83. The van der Waals surface area contributed by atoms with Crippen molar-refractivity contribution in [3.8, 4) is 0 Å². The lowest BCUT2D eigenvalue weighted by atomic mass is 9.44. The lowest BCUT2D eigenvalue weighted by molar-refractivity contribution is -0.150. The molecule has 8 saturated carbocycles. The molecule has 16 atom stereocenters. The maximum atomic E-state index is 12.2. The summed E-state index contributed by atoms with van der Waals surface area (Å²) < 4.78 is 0. The minimum Gasteiger partial charge on any atom is -0.390 e. The fourth-order valence-electron chi connectivity index (χ4n) is 16.2. The third-order valence-electron chi connectivity index (χ3n) is 18.9. The first-order chi connectivity index (χ1) is 22.3. The van der Waals surface area contributed by atoms with Crippen LogP contribution in [0.5, 0.6) is 0 Å². The predicted molar refractivity (Wildman–Crippen MR) is 193 cm³/mol. The van der Waals surface area contributed by atoms with Gasteiger partial charge in [0.25, 0.3) is 0 Å². The van der Waals surface area contributed by atoms with Crippen molar-refractivity contribution in [2.45, 2.75) is 182 Å². The van der Waals surface area contributed by atoms with Crippen LogP contribution in [0.4, 0.5) is 0 Å². The smallest absolute Gasteiger partial charge is 0.133 e. The van der Waals surface area contributed by atoms with Crippen LogP contribution in [0.1, 0.15) is 171 Å². The van der Waals surface area contributed by atoms with Gasteiger partial charge in [0.2, 0.25) is 0 Å². The first-order valence-electron chi connectivity index (χ1n) is 20.8. The molecule has 8 aliphatic carbocycles. The summed E-state index contributed by atoms with van der Waals surface area (Å²) >= 11 is 0. The van der Waals surface area contributed by atoms with Crippen molar-refractivity contribution in [3.63, 3.8) is 0 Å². The van der Waals surface area contributed by atoms with E-state index in [0.29, 0.717) is 46.1 Å². The van der Waals surface area contributed by atoms with Gasteiger partial charge in [-0.1, -0.05) is 27.7 Å². The van der Waals surface area contributed by atoms with Crippen LogP contribution in [0.25, 0.3) is 0 Å². The van der Waals surface area contributed by atoms with Gasteiger partial charge in [0.1, 0.15) is 11.6 Å². The molecule has 272 valence electrons. The predicted octanol–water partition coefficient (Wildman–Crippen LogP) is 9.97. The molecule has 0 spiro atoms. The van der Waals surface area contributed by atoms with E-state index in [-0.39, 0.29) is 10.8 Å². The minimum atomic E-state index is -0.437. The monoisotopic (exact) mass is 665 g/mol. The van der Waals surface area contributed by atoms with Gasteiger partial charge in [0.05, 0.1) is 11.2 Å². The number of ketones is 2. The number of aliphatic hydroxyl groups is 2. The molecule has 0 aromatic heterocycles. The van der Waals surface area contributed by atoms with Gasteiger partial charge in [0, 0.05) is 11.8 Å². The lowest BCUT2D eigenvalue weighted by Crippen LogP contribution is -2.55. The first-order valence-corrected chi connectivity index (χ1v) is 20.8. The van der Waals surface area contributed by atoms with Crippen molar-refractivity contribution >= 4 is 11.6 Å². The summed E-state index contributed by atoms with van der Waals surface area (Å²) in [6, 6.07) is 0. The quantitative estimate of drug-likeness (QED) is 0.308. The van der Waals surface area contributed by atoms with Gasteiger partial charge in [-0.2, -0.15) is 0 Å². The van der Waals surface area contributed by atoms with Gasteiger partial charge in [-0.25, -0.2) is 0 Å². The van der Waals surface area contributed by atoms with Crippen molar-refractivity contribution in [1.82, 2.24) is 0 Å². The maximum Gasteiger partial charge on any atom is 0.133 e. The molecule has 0 amide bonds. The van der Waals surface area contributed by atoms with Crippen molar-refractivity contribution < 1.29 is 19.8 Å². The van der Waals surface area contributed by atoms with Crippen LogP contribution in [0.15, 0.2) is 0 Å². The molecule has 0 aliphatic heterocycles. The fraction of sp³-hybridized carbons (Fsp3) is 0.955. The Labute approximate surface area is 293 Å². The summed E-state index contributed by atoms with van der Waals surface area (Å²) in [6.45, 7) is 17.7. The van der Waals surface area contributed by atoms with Crippen molar-refractivity contribution in [3.05, 3.63) is 0 Å². The highest BCUT2D eigenvalue weighted by molar-refractivity contribution is 5.80. The Hall–Kier alpha value is -0.740. The van der Waals surface area contributed by atoms with Crippen molar-refractivity contribution in [1.29, 1.82) is 0 Å². The number of hydrogen-bond acceptors (Lipinski definition) is 4. The molecule has 8 aliphatic rings. The molecule has 2 N–H and O–H groups in total. The third kappa shape index (κ3) is 5.47. The molecule has 48 heavy (non-hydrogen) atoms. The summed E-state index contributed by atoms with van der Waals surface area (Å²) in [6.07, 6.45) is 21.6. The standard InChI is InChI=1S/2C22H36O2/c2*1-14(23)17-7-8-18-16-6-5-15-13-20(2,24)11-12-21(15,3)19(16)9-10-22(17,18)4/h2*15-19,24H,5-13H2,1-4H3/t2*15-,16-,17+,18-,19-,20+,21-,22+/m00/s1. The Bertz CT molecular complexity index is 1170.